The van der Waals surface area contributed by atoms with Gasteiger partial charge in [-0.1, -0.05) is 0 Å². The van der Waals surface area contributed by atoms with Crippen molar-refractivity contribution >= 4 is 34.5 Å². The molecule has 11 nitrogen and oxygen atoms in total. The summed E-state index contributed by atoms with van der Waals surface area (Å²) in [6, 6.07) is 7.64. The Kier molecular flexibility index (Phi) is 6.60. The third-order valence-electron chi connectivity index (χ3n) is 7.87. The fraction of sp³-hybridized carbons (Fsp3) is 0.357. The Morgan fingerprint density at radius 2 is 1.76 bits per heavy atom. The molecule has 3 aliphatic rings. The number of methoxy groups -OCH3 is 2. The van der Waals surface area contributed by atoms with E-state index in [9.17, 15) is 14.9 Å². The molecule has 1 aromatic heterocycles. The summed E-state index contributed by atoms with van der Waals surface area (Å²) in [5.41, 5.74) is 0.714. The minimum Gasteiger partial charge on any atom is -0.493 e. The summed E-state index contributed by atoms with van der Waals surface area (Å²) in [6.45, 7) is 2.33. The van der Waals surface area contributed by atoms with E-state index in [0.717, 1.165) is 16.7 Å². The number of anilines is 4. The summed E-state index contributed by atoms with van der Waals surface area (Å²) in [4.78, 5) is 32.7. The Morgan fingerprint density at radius 1 is 1.07 bits per heavy atom. The lowest BCUT2D eigenvalue weighted by Crippen LogP contribution is -2.45. The smallest absolute Gasteiger partial charge is 0.292 e. The first-order chi connectivity index (χ1) is 19.8. The van der Waals surface area contributed by atoms with Gasteiger partial charge in [0.25, 0.3) is 5.69 Å². The number of nitrogens with zero attached hydrogens (tertiary/aromatic N) is 4. The number of nitrogens with one attached hydrogen (secondary N) is 1. The number of pyridine rings is 1. The second kappa shape index (κ2) is 10.1. The van der Waals surface area contributed by atoms with Crippen LogP contribution in [0.1, 0.15) is 24.0 Å². The fourth-order valence-electron chi connectivity index (χ4n) is 5.58. The van der Waals surface area contributed by atoms with Gasteiger partial charge in [-0.3, -0.25) is 14.9 Å². The molecular weight excluding hydrogens is 540 g/mol. The number of benzene rings is 2. The molecule has 2 fully saturated rings. The highest BCUT2D eigenvalue weighted by molar-refractivity contribution is 6.05. The molecule has 1 N–H and O–H groups in total. The topological polar surface area (TPSA) is 119 Å². The second-order valence-corrected chi connectivity index (χ2v) is 10.1. The van der Waals surface area contributed by atoms with Gasteiger partial charge in [0.1, 0.15) is 17.2 Å². The van der Waals surface area contributed by atoms with Crippen LogP contribution in [0.15, 0.2) is 36.5 Å². The van der Waals surface area contributed by atoms with Crippen LogP contribution in [-0.2, 0) is 21.5 Å². The van der Waals surface area contributed by atoms with Gasteiger partial charge in [-0.2, -0.15) is 0 Å². The largest absolute Gasteiger partial charge is 0.493 e. The SMILES string of the molecule is COc1cc(OC)c(F)c(N2Cc3cnc(Nc4cc(N5CCOCC5)ccc4[N+](=O)[O-])cc3C3(CC3)C2=O)c1F. The van der Waals surface area contributed by atoms with Crippen LogP contribution in [0.3, 0.4) is 0 Å². The van der Waals surface area contributed by atoms with Crippen LogP contribution < -0.4 is 24.6 Å². The van der Waals surface area contributed by atoms with E-state index in [1.165, 1.54) is 26.5 Å². The molecule has 13 heteroatoms. The molecule has 3 heterocycles. The Balaban J connectivity index is 1.36. The average molecular weight is 568 g/mol. The zero-order valence-electron chi connectivity index (χ0n) is 22.4. The number of carbonyl (C=O) groups is 1. The zero-order valence-corrected chi connectivity index (χ0v) is 22.4. The van der Waals surface area contributed by atoms with Gasteiger partial charge in [0.05, 0.1) is 44.3 Å². The lowest BCUT2D eigenvalue weighted by atomic mass is 9.86. The van der Waals surface area contributed by atoms with Gasteiger partial charge in [0.15, 0.2) is 23.1 Å². The number of fused-ring (bicyclic) bond motifs is 2. The summed E-state index contributed by atoms with van der Waals surface area (Å²) in [5, 5.41) is 14.9. The van der Waals surface area contributed by atoms with Crippen LogP contribution in [0.4, 0.5) is 37.3 Å². The number of rotatable bonds is 7. The van der Waals surface area contributed by atoms with Crippen LogP contribution in [0.2, 0.25) is 0 Å². The molecule has 214 valence electrons. The summed E-state index contributed by atoms with van der Waals surface area (Å²) in [6.07, 6.45) is 2.49. The molecule has 6 rings (SSSR count). The number of nitro benzene ring substituents is 1. The molecule has 2 aliphatic heterocycles. The molecule has 0 atom stereocenters. The predicted octanol–water partition coefficient (Wildman–Crippen LogP) is 4.44. The number of halogens is 2. The molecule has 1 saturated carbocycles. The summed E-state index contributed by atoms with van der Waals surface area (Å²) < 4.78 is 46.2. The van der Waals surface area contributed by atoms with Crippen LogP contribution in [-0.4, -0.2) is 56.3 Å². The summed E-state index contributed by atoms with van der Waals surface area (Å²) in [5.74, 6) is -2.63. The zero-order chi connectivity index (χ0) is 28.9. The third-order valence-corrected chi connectivity index (χ3v) is 7.87. The van der Waals surface area contributed by atoms with Gasteiger partial charge in [0.2, 0.25) is 5.91 Å². The standard InChI is InChI=1S/C28H27F2N5O6/c1-39-21-13-22(40-2)25(30)26(24(21)29)34-15-16-14-31-23(12-18(16)28(5-6-28)27(34)36)32-19-11-17(3-4-20(19)35(37)38)33-7-9-41-10-8-33/h3-4,11-14H,5-10,15H2,1-2H3,(H,31,32). The van der Waals surface area contributed by atoms with Crippen LogP contribution >= 0.6 is 0 Å². The maximum atomic E-state index is 15.3. The lowest BCUT2D eigenvalue weighted by Gasteiger charge is -2.35. The number of morpholine rings is 1. The maximum Gasteiger partial charge on any atom is 0.292 e. The quantitative estimate of drug-likeness (QED) is 0.326. The predicted molar refractivity (Wildman–Crippen MR) is 145 cm³/mol. The molecule has 1 amide bonds. The highest BCUT2D eigenvalue weighted by Crippen LogP contribution is 2.55. The van der Waals surface area contributed by atoms with Gasteiger partial charge >= 0.3 is 0 Å². The van der Waals surface area contributed by atoms with Crippen molar-refractivity contribution in [2.45, 2.75) is 24.8 Å². The lowest BCUT2D eigenvalue weighted by molar-refractivity contribution is -0.383. The minimum atomic E-state index is -1.00. The molecule has 1 spiro atoms. The van der Waals surface area contributed by atoms with Gasteiger partial charge in [0, 0.05) is 37.1 Å². The highest BCUT2D eigenvalue weighted by Gasteiger charge is 2.57. The Hall–Kier alpha value is -4.52. The molecular formula is C28H27F2N5O6. The molecule has 2 aromatic carbocycles. The van der Waals surface area contributed by atoms with Crippen LogP contribution in [0.5, 0.6) is 11.5 Å². The Morgan fingerprint density at radius 3 is 2.37 bits per heavy atom. The first-order valence-electron chi connectivity index (χ1n) is 13.1. The van der Waals surface area contributed by atoms with Gasteiger partial charge in [-0.15, -0.1) is 0 Å². The van der Waals surface area contributed by atoms with Crippen LogP contribution in [0.25, 0.3) is 0 Å². The number of aromatic nitrogens is 1. The molecule has 3 aromatic rings. The van der Waals surface area contributed by atoms with Crippen molar-refractivity contribution in [2.24, 2.45) is 0 Å². The van der Waals surface area contributed by atoms with Gasteiger partial charge in [-0.25, -0.2) is 13.8 Å². The number of carbonyl (C=O) groups excluding carboxylic acids is 1. The number of hydrogen-bond acceptors (Lipinski definition) is 9. The van der Waals surface area contributed by atoms with Crippen molar-refractivity contribution in [3.8, 4) is 11.5 Å². The van der Waals surface area contributed by atoms with E-state index in [0.29, 0.717) is 56.1 Å². The highest BCUT2D eigenvalue weighted by atomic mass is 19.1. The van der Waals surface area contributed by atoms with Gasteiger partial charge < -0.3 is 29.3 Å². The van der Waals surface area contributed by atoms with E-state index >= 15 is 8.78 Å². The molecule has 0 bridgehead atoms. The molecule has 1 saturated heterocycles. The molecule has 0 radical (unpaired) electrons. The van der Waals surface area contributed by atoms with Crippen molar-refractivity contribution in [1.29, 1.82) is 0 Å². The maximum absolute atomic E-state index is 15.3. The van der Waals surface area contributed by atoms with Crippen LogP contribution in [0, 0.1) is 21.7 Å². The second-order valence-electron chi connectivity index (χ2n) is 10.1. The number of hydrogen-bond donors (Lipinski definition) is 1. The van der Waals surface area contributed by atoms with E-state index in [1.807, 2.05) is 0 Å². The number of nitro groups is 1. The molecule has 41 heavy (non-hydrogen) atoms. The third kappa shape index (κ3) is 4.46. The fourth-order valence-corrected chi connectivity index (χ4v) is 5.58. The van der Waals surface area contributed by atoms with E-state index in [2.05, 4.69) is 15.2 Å². The van der Waals surface area contributed by atoms with Crippen molar-refractivity contribution in [3.63, 3.8) is 0 Å². The Labute approximate surface area is 233 Å². The normalized spacial score (nSPS) is 17.3. The van der Waals surface area contributed by atoms with Crippen molar-refractivity contribution in [1.82, 2.24) is 4.98 Å². The molecule has 1 aliphatic carbocycles. The monoisotopic (exact) mass is 567 g/mol. The van der Waals surface area contributed by atoms with E-state index in [1.54, 1.807) is 18.2 Å². The number of amides is 1. The van der Waals surface area contributed by atoms with E-state index < -0.39 is 33.6 Å². The van der Waals surface area contributed by atoms with Gasteiger partial charge in [-0.05, 0) is 42.2 Å². The van der Waals surface area contributed by atoms with Crippen molar-refractivity contribution < 1.29 is 32.7 Å². The van der Waals surface area contributed by atoms with Crippen molar-refractivity contribution in [3.05, 3.63) is 69.4 Å². The Bertz CT molecular complexity index is 1530. The minimum absolute atomic E-state index is 0.122. The average Bonchev–Trinajstić information content (AvgIpc) is 3.78. The van der Waals surface area contributed by atoms with Crippen molar-refractivity contribution in [2.75, 3.05) is 55.6 Å². The summed E-state index contributed by atoms with van der Waals surface area (Å²) in [7, 11) is 2.49. The first kappa shape index (κ1) is 26.7. The summed E-state index contributed by atoms with van der Waals surface area (Å²) >= 11 is 0. The van der Waals surface area contributed by atoms with E-state index in [-0.39, 0.29) is 29.4 Å². The number of ether oxygens (including phenoxy) is 3. The van der Waals surface area contributed by atoms with E-state index in [4.69, 9.17) is 14.2 Å². The molecule has 0 unspecified atom stereocenters. The first-order valence-corrected chi connectivity index (χ1v) is 13.1.